The Morgan fingerprint density at radius 3 is 2.31 bits per heavy atom. The van der Waals surface area contributed by atoms with Crippen molar-refractivity contribution in [2.45, 2.75) is 46.0 Å². The lowest BCUT2D eigenvalue weighted by molar-refractivity contribution is 0.717. The molecule has 0 spiro atoms. The highest BCUT2D eigenvalue weighted by Crippen LogP contribution is 2.13. The number of benzene rings is 2. The molecule has 0 atom stereocenters. The van der Waals surface area contributed by atoms with Crippen LogP contribution in [0.15, 0.2) is 60.8 Å². The monoisotopic (exact) mass is 378 g/mol. The highest BCUT2D eigenvalue weighted by molar-refractivity contribution is 5.51. The first kappa shape index (κ1) is 20.4. The third kappa shape index (κ3) is 6.34. The smallest absolute Gasteiger partial charge is 0.136 e. The molecule has 0 amide bonds. The summed E-state index contributed by atoms with van der Waals surface area (Å²) in [6.07, 6.45) is 7.52. The third-order valence-corrected chi connectivity index (χ3v) is 4.76. The maximum Gasteiger partial charge on any atom is 0.136 e. The minimum atomic E-state index is 0.677. The van der Waals surface area contributed by atoms with E-state index in [0.717, 1.165) is 29.5 Å². The number of hydrogen-bond donors (Lipinski definition) is 0. The van der Waals surface area contributed by atoms with Gasteiger partial charge in [-0.3, -0.25) is 0 Å². The van der Waals surface area contributed by atoms with Gasteiger partial charge in [0.25, 0.3) is 0 Å². The molecule has 0 aliphatic rings. The van der Waals surface area contributed by atoms with E-state index in [1.165, 1.54) is 30.4 Å². The minimum Gasteiger partial charge on any atom is -0.158 e. The van der Waals surface area contributed by atoms with Crippen LogP contribution in [0.3, 0.4) is 0 Å². The van der Waals surface area contributed by atoms with Gasteiger partial charge in [-0.25, -0.2) is 0 Å². The largest absolute Gasteiger partial charge is 0.158 e. The fourth-order valence-electron chi connectivity index (χ4n) is 3.06. The summed E-state index contributed by atoms with van der Waals surface area (Å²) in [5.41, 5.74) is 6.34. The average Bonchev–Trinajstić information content (AvgIpc) is 2.78. The van der Waals surface area contributed by atoms with Crippen molar-refractivity contribution < 1.29 is 0 Å². The lowest BCUT2D eigenvalue weighted by Gasteiger charge is -2.02. The molecule has 0 unspecified atom stereocenters. The molecule has 3 rings (SSSR count). The van der Waals surface area contributed by atoms with Gasteiger partial charge in [-0.15, -0.1) is 5.10 Å². The molecule has 0 bridgehead atoms. The fourth-order valence-corrected chi connectivity index (χ4v) is 3.06. The maximum absolute atomic E-state index is 4.01. The van der Waals surface area contributed by atoms with Gasteiger partial charge in [-0.2, -0.15) is 5.10 Å². The first-order chi connectivity index (χ1) is 14.3. The van der Waals surface area contributed by atoms with Gasteiger partial charge in [-0.05, 0) is 78.8 Å². The molecule has 2 aromatic carbocycles. The molecule has 0 aliphatic heterocycles. The first-order valence-corrected chi connectivity index (χ1v) is 10.3. The van der Waals surface area contributed by atoms with Crippen LogP contribution in [0.25, 0.3) is 0 Å². The van der Waals surface area contributed by atoms with Crippen LogP contribution < -0.4 is 0 Å². The fraction of sp³-hybridized carbons (Fsp3) is 0.259. The summed E-state index contributed by atoms with van der Waals surface area (Å²) >= 11 is 0. The van der Waals surface area contributed by atoms with Crippen LogP contribution in [0.5, 0.6) is 0 Å². The summed E-state index contributed by atoms with van der Waals surface area (Å²) in [5.74, 6) is 12.9. The second-order valence-electron chi connectivity index (χ2n) is 6.99. The van der Waals surface area contributed by atoms with Gasteiger partial charge in [0, 0.05) is 22.9 Å². The Labute approximate surface area is 174 Å². The number of nitrogens with zero attached hydrogens (tertiary/aromatic N) is 2. The summed E-state index contributed by atoms with van der Waals surface area (Å²) in [4.78, 5) is 0. The van der Waals surface area contributed by atoms with E-state index in [1.54, 1.807) is 6.20 Å². The van der Waals surface area contributed by atoms with Crippen molar-refractivity contribution in [2.24, 2.45) is 0 Å². The topological polar surface area (TPSA) is 25.8 Å². The molecule has 1 heterocycles. The summed E-state index contributed by atoms with van der Waals surface area (Å²) in [6.45, 7) is 4.37. The Morgan fingerprint density at radius 1 is 0.793 bits per heavy atom. The van der Waals surface area contributed by atoms with Gasteiger partial charge in [0.05, 0.1) is 0 Å². The molecule has 2 heteroatoms. The van der Waals surface area contributed by atoms with Gasteiger partial charge in [0.1, 0.15) is 5.69 Å². The van der Waals surface area contributed by atoms with Gasteiger partial charge in [0.15, 0.2) is 0 Å². The Bertz CT molecular complexity index is 1040. The zero-order valence-electron chi connectivity index (χ0n) is 17.2. The van der Waals surface area contributed by atoms with Crippen molar-refractivity contribution in [3.63, 3.8) is 0 Å². The molecular formula is C27H26N2. The Morgan fingerprint density at radius 2 is 1.59 bits per heavy atom. The van der Waals surface area contributed by atoms with E-state index < -0.39 is 0 Å². The zero-order chi connectivity index (χ0) is 20.3. The second-order valence-corrected chi connectivity index (χ2v) is 6.99. The van der Waals surface area contributed by atoms with Gasteiger partial charge in [-0.1, -0.05) is 56.6 Å². The van der Waals surface area contributed by atoms with Crippen molar-refractivity contribution in [1.29, 1.82) is 0 Å². The molecule has 144 valence electrons. The van der Waals surface area contributed by atoms with E-state index in [4.69, 9.17) is 0 Å². The van der Waals surface area contributed by atoms with Crippen molar-refractivity contribution in [2.75, 3.05) is 0 Å². The van der Waals surface area contributed by atoms with Crippen LogP contribution in [-0.2, 0) is 12.8 Å². The predicted octanol–water partition coefficient (Wildman–Crippen LogP) is 5.57. The van der Waals surface area contributed by atoms with Crippen LogP contribution in [0, 0.1) is 23.7 Å². The predicted molar refractivity (Wildman–Crippen MR) is 119 cm³/mol. The lowest BCUT2D eigenvalue weighted by Crippen LogP contribution is -1.90. The van der Waals surface area contributed by atoms with E-state index in [1.807, 2.05) is 24.3 Å². The standard InChI is InChI=1S/C27H26N2/c1-3-5-6-8-22-10-12-23(13-11-22)14-15-24-16-17-26(25(4-2)21-24)18-19-27-9-7-20-28-29-27/h7,9-13,16-17,20-21H,3-6,8H2,1-2H3. The lowest BCUT2D eigenvalue weighted by atomic mass is 10.0. The number of aromatic nitrogens is 2. The Hall–Kier alpha value is -3.36. The van der Waals surface area contributed by atoms with Gasteiger partial charge in [0.2, 0.25) is 0 Å². The van der Waals surface area contributed by atoms with Crippen LogP contribution in [0.2, 0.25) is 0 Å². The Kier molecular flexibility index (Phi) is 7.62. The van der Waals surface area contributed by atoms with E-state index in [2.05, 4.69) is 78.1 Å². The van der Waals surface area contributed by atoms with Gasteiger partial charge >= 0.3 is 0 Å². The second kappa shape index (κ2) is 10.8. The molecule has 0 saturated heterocycles. The van der Waals surface area contributed by atoms with E-state index in [9.17, 15) is 0 Å². The van der Waals surface area contributed by atoms with Crippen LogP contribution in [0.1, 0.15) is 66.6 Å². The number of rotatable bonds is 5. The van der Waals surface area contributed by atoms with E-state index in [0.29, 0.717) is 5.69 Å². The molecule has 3 aromatic rings. The average molecular weight is 379 g/mol. The van der Waals surface area contributed by atoms with Crippen LogP contribution >= 0.6 is 0 Å². The molecule has 0 radical (unpaired) electrons. The van der Waals surface area contributed by atoms with Crippen molar-refractivity contribution in [1.82, 2.24) is 10.2 Å². The van der Waals surface area contributed by atoms with Crippen molar-refractivity contribution in [3.8, 4) is 23.7 Å². The summed E-state index contributed by atoms with van der Waals surface area (Å²) < 4.78 is 0. The highest BCUT2D eigenvalue weighted by Gasteiger charge is 2.00. The molecular weight excluding hydrogens is 352 g/mol. The zero-order valence-corrected chi connectivity index (χ0v) is 17.2. The molecule has 29 heavy (non-hydrogen) atoms. The third-order valence-electron chi connectivity index (χ3n) is 4.76. The molecule has 0 N–H and O–H groups in total. The summed E-state index contributed by atoms with van der Waals surface area (Å²) in [5, 5.41) is 7.87. The summed E-state index contributed by atoms with van der Waals surface area (Å²) in [7, 11) is 0. The SMILES string of the molecule is CCCCCc1ccc(C#Cc2ccc(C#Cc3cccnn3)c(CC)c2)cc1. The molecule has 2 nitrogen and oxygen atoms in total. The molecule has 0 aliphatic carbocycles. The van der Waals surface area contributed by atoms with Crippen LogP contribution in [-0.4, -0.2) is 10.2 Å². The maximum atomic E-state index is 4.01. The van der Waals surface area contributed by atoms with Crippen molar-refractivity contribution >= 4 is 0 Å². The number of unbranched alkanes of at least 4 members (excludes halogenated alkanes) is 2. The quantitative estimate of drug-likeness (QED) is 0.428. The molecule has 0 fully saturated rings. The van der Waals surface area contributed by atoms with E-state index >= 15 is 0 Å². The normalized spacial score (nSPS) is 9.86. The molecule has 1 aromatic heterocycles. The van der Waals surface area contributed by atoms with E-state index in [-0.39, 0.29) is 0 Å². The first-order valence-electron chi connectivity index (χ1n) is 10.3. The highest BCUT2D eigenvalue weighted by atomic mass is 15.1. The van der Waals surface area contributed by atoms with Crippen molar-refractivity contribution in [3.05, 3.63) is 94.3 Å². The van der Waals surface area contributed by atoms with Crippen LogP contribution in [0.4, 0.5) is 0 Å². The minimum absolute atomic E-state index is 0.677. The Balaban J connectivity index is 1.72. The molecule has 0 saturated carbocycles. The number of hydrogen-bond acceptors (Lipinski definition) is 2. The summed E-state index contributed by atoms with van der Waals surface area (Å²) in [6, 6.07) is 18.5. The van der Waals surface area contributed by atoms with Gasteiger partial charge < -0.3 is 0 Å². The number of aryl methyl sites for hydroxylation is 2.